The molecule has 0 radical (unpaired) electrons. The molecule has 1 amide bonds. The summed E-state index contributed by atoms with van der Waals surface area (Å²) in [5, 5.41) is 0. The fourth-order valence-electron chi connectivity index (χ4n) is 5.24. The van der Waals surface area contributed by atoms with Gasteiger partial charge in [-0.1, -0.05) is 30.3 Å². The van der Waals surface area contributed by atoms with Crippen LogP contribution in [0.3, 0.4) is 0 Å². The van der Waals surface area contributed by atoms with Gasteiger partial charge in [-0.05, 0) is 48.4 Å². The maximum absolute atomic E-state index is 14.4. The second kappa shape index (κ2) is 6.59. The van der Waals surface area contributed by atoms with Crippen LogP contribution in [0, 0.1) is 17.6 Å². The highest BCUT2D eigenvalue weighted by Gasteiger charge is 2.60. The van der Waals surface area contributed by atoms with Crippen molar-refractivity contribution in [1.82, 2.24) is 9.62 Å². The quantitative estimate of drug-likeness (QED) is 0.790. The fourth-order valence-corrected chi connectivity index (χ4v) is 6.26. The molecule has 2 bridgehead atoms. The Balaban J connectivity index is 1.36. The maximum Gasteiger partial charge on any atom is 0.226 e. The van der Waals surface area contributed by atoms with Gasteiger partial charge in [0.2, 0.25) is 15.9 Å². The van der Waals surface area contributed by atoms with E-state index in [0.29, 0.717) is 31.4 Å². The van der Waals surface area contributed by atoms with Gasteiger partial charge in [0.05, 0.1) is 17.4 Å². The summed E-state index contributed by atoms with van der Waals surface area (Å²) >= 11 is 0. The van der Waals surface area contributed by atoms with Crippen LogP contribution in [0.5, 0.6) is 0 Å². The van der Waals surface area contributed by atoms with Crippen LogP contribution in [0.1, 0.15) is 30.7 Å². The van der Waals surface area contributed by atoms with Gasteiger partial charge in [-0.15, -0.1) is 0 Å². The van der Waals surface area contributed by atoms with E-state index >= 15 is 0 Å². The predicted octanol–water partition coefficient (Wildman–Crippen LogP) is 3.03. The number of halogens is 2. The summed E-state index contributed by atoms with van der Waals surface area (Å²) < 4.78 is 54.7. The van der Waals surface area contributed by atoms with Gasteiger partial charge < -0.3 is 4.90 Å². The lowest BCUT2D eigenvalue weighted by Gasteiger charge is -2.36. The third-order valence-electron chi connectivity index (χ3n) is 6.55. The molecule has 0 aromatic heterocycles. The molecular weight excluding hydrogens is 410 g/mol. The van der Waals surface area contributed by atoms with E-state index in [9.17, 15) is 22.0 Å². The molecule has 8 heteroatoms. The Bertz CT molecular complexity index is 1120. The first-order valence-corrected chi connectivity index (χ1v) is 11.9. The average Bonchev–Trinajstić information content (AvgIpc) is 3.25. The SMILES string of the molecule is CS(=O)(=O)NC12CC(C1)N(C(=O)[C@@H]1C[C@H]1c1ccccc1-c1c(F)cccc1F)C2. The first-order chi connectivity index (χ1) is 14.2. The lowest BCUT2D eigenvalue weighted by Crippen LogP contribution is -2.54. The van der Waals surface area contributed by atoms with Crippen molar-refractivity contribution in [2.75, 3.05) is 12.8 Å². The van der Waals surface area contributed by atoms with E-state index in [2.05, 4.69) is 4.72 Å². The summed E-state index contributed by atoms with van der Waals surface area (Å²) in [6.07, 6.45) is 3.04. The largest absolute Gasteiger partial charge is 0.337 e. The molecule has 2 aliphatic heterocycles. The minimum absolute atomic E-state index is 0.00323. The Morgan fingerprint density at radius 2 is 1.77 bits per heavy atom. The molecule has 6 rings (SSSR count). The molecule has 1 N–H and O–H groups in total. The summed E-state index contributed by atoms with van der Waals surface area (Å²) in [4.78, 5) is 14.9. The third-order valence-corrected chi connectivity index (χ3v) is 7.36. The summed E-state index contributed by atoms with van der Waals surface area (Å²) in [5.41, 5.74) is 0.655. The van der Waals surface area contributed by atoms with Crippen molar-refractivity contribution in [2.45, 2.75) is 36.8 Å². The molecule has 2 aromatic rings. The van der Waals surface area contributed by atoms with Gasteiger partial charge in [-0.2, -0.15) is 0 Å². The van der Waals surface area contributed by atoms with Crippen LogP contribution in [0.15, 0.2) is 42.5 Å². The Hall–Kier alpha value is -2.32. The van der Waals surface area contributed by atoms with Crippen molar-refractivity contribution < 1.29 is 22.0 Å². The highest BCUT2D eigenvalue weighted by molar-refractivity contribution is 7.88. The number of hydrogen-bond acceptors (Lipinski definition) is 3. The van der Waals surface area contributed by atoms with Crippen LogP contribution in [0.25, 0.3) is 11.1 Å². The average molecular weight is 432 g/mol. The number of fused-ring (bicyclic) bond motifs is 1. The predicted molar refractivity (Wildman–Crippen MR) is 108 cm³/mol. The highest BCUT2D eigenvalue weighted by atomic mass is 32.2. The van der Waals surface area contributed by atoms with Crippen molar-refractivity contribution >= 4 is 15.9 Å². The van der Waals surface area contributed by atoms with E-state index in [0.717, 1.165) is 11.8 Å². The molecule has 0 spiro atoms. The number of sulfonamides is 1. The number of hydrogen-bond donors (Lipinski definition) is 1. The molecule has 2 saturated carbocycles. The van der Waals surface area contributed by atoms with E-state index in [1.807, 2.05) is 12.1 Å². The zero-order valence-electron chi connectivity index (χ0n) is 16.4. The number of rotatable bonds is 5. The van der Waals surface area contributed by atoms with Crippen LogP contribution in [-0.2, 0) is 14.8 Å². The number of carbonyl (C=O) groups is 1. The molecule has 2 aromatic carbocycles. The summed E-state index contributed by atoms with van der Waals surface area (Å²) in [6, 6.07) is 10.9. The summed E-state index contributed by atoms with van der Waals surface area (Å²) in [7, 11) is -3.34. The minimum Gasteiger partial charge on any atom is -0.337 e. The van der Waals surface area contributed by atoms with Crippen LogP contribution in [0.4, 0.5) is 8.78 Å². The van der Waals surface area contributed by atoms with E-state index in [4.69, 9.17) is 0 Å². The zero-order chi connectivity index (χ0) is 21.3. The number of carbonyl (C=O) groups excluding carboxylic acids is 1. The molecule has 4 aliphatic rings. The molecule has 2 heterocycles. The monoisotopic (exact) mass is 432 g/mol. The molecule has 30 heavy (non-hydrogen) atoms. The van der Waals surface area contributed by atoms with Gasteiger partial charge >= 0.3 is 0 Å². The lowest BCUT2D eigenvalue weighted by molar-refractivity contribution is -0.132. The second-order valence-electron chi connectivity index (χ2n) is 8.82. The molecule has 2 saturated heterocycles. The molecule has 2 aliphatic carbocycles. The third kappa shape index (κ3) is 3.22. The zero-order valence-corrected chi connectivity index (χ0v) is 17.3. The van der Waals surface area contributed by atoms with Gasteiger partial charge in [0, 0.05) is 18.5 Å². The molecule has 5 nitrogen and oxygen atoms in total. The Morgan fingerprint density at radius 3 is 2.43 bits per heavy atom. The van der Waals surface area contributed by atoms with Gasteiger partial charge in [-0.25, -0.2) is 21.9 Å². The number of benzene rings is 2. The van der Waals surface area contributed by atoms with E-state index in [-0.39, 0.29) is 29.3 Å². The van der Waals surface area contributed by atoms with E-state index < -0.39 is 27.2 Å². The second-order valence-corrected chi connectivity index (χ2v) is 10.6. The lowest BCUT2D eigenvalue weighted by atomic mass is 9.79. The number of amides is 1. The normalized spacial score (nSPS) is 29.6. The first kappa shape index (κ1) is 19.6. The first-order valence-electron chi connectivity index (χ1n) is 10.0. The highest BCUT2D eigenvalue weighted by Crippen LogP contribution is 2.54. The number of nitrogens with one attached hydrogen (secondary N) is 1. The maximum atomic E-state index is 14.4. The van der Waals surface area contributed by atoms with Gasteiger partial charge in [0.1, 0.15) is 11.6 Å². The Morgan fingerprint density at radius 1 is 1.10 bits per heavy atom. The Kier molecular flexibility index (Phi) is 4.31. The van der Waals surface area contributed by atoms with E-state index in [1.54, 1.807) is 17.0 Å². The minimum atomic E-state index is -3.34. The number of nitrogens with zero attached hydrogens (tertiary/aromatic N) is 1. The standard InChI is InChI=1S/C22H22F2N2O3S/c1-30(28,29)25-22-10-13(11-22)26(12-22)21(27)17-9-16(17)14-5-2-3-6-15(14)20-18(23)7-4-8-19(20)24/h2-8,13,16-17,25H,9-12H2,1H3/t13?,16-,17+,22?/m0/s1. The van der Waals surface area contributed by atoms with Crippen LogP contribution in [-0.4, -0.2) is 43.6 Å². The van der Waals surface area contributed by atoms with Crippen molar-refractivity contribution in [3.63, 3.8) is 0 Å². The molecule has 0 unspecified atom stereocenters. The van der Waals surface area contributed by atoms with Gasteiger partial charge in [-0.3, -0.25) is 4.79 Å². The molecular formula is C22H22F2N2O3S. The summed E-state index contributed by atoms with van der Waals surface area (Å²) in [5.74, 6) is -1.58. The molecule has 4 fully saturated rings. The van der Waals surface area contributed by atoms with Crippen molar-refractivity contribution in [3.8, 4) is 11.1 Å². The van der Waals surface area contributed by atoms with Crippen LogP contribution >= 0.6 is 0 Å². The van der Waals surface area contributed by atoms with Crippen LogP contribution in [0.2, 0.25) is 0 Å². The summed E-state index contributed by atoms with van der Waals surface area (Å²) in [6.45, 7) is 0.385. The van der Waals surface area contributed by atoms with Crippen LogP contribution < -0.4 is 4.72 Å². The van der Waals surface area contributed by atoms with Crippen molar-refractivity contribution in [1.29, 1.82) is 0 Å². The topological polar surface area (TPSA) is 66.5 Å². The fraction of sp³-hybridized carbons (Fsp3) is 0.409. The smallest absolute Gasteiger partial charge is 0.226 e. The van der Waals surface area contributed by atoms with Gasteiger partial charge in [0.15, 0.2) is 0 Å². The Labute approximate surface area is 174 Å². The van der Waals surface area contributed by atoms with Crippen molar-refractivity contribution in [2.24, 2.45) is 5.92 Å². The van der Waals surface area contributed by atoms with Gasteiger partial charge in [0.25, 0.3) is 0 Å². The van der Waals surface area contributed by atoms with E-state index in [1.165, 1.54) is 18.2 Å². The molecule has 158 valence electrons. The van der Waals surface area contributed by atoms with Crippen molar-refractivity contribution in [3.05, 3.63) is 59.7 Å². The molecule has 2 atom stereocenters.